The molecule has 3 rings (SSSR count). The molecular formula is C17H14BrF2N5O2. The summed E-state index contributed by atoms with van der Waals surface area (Å²) in [6.45, 7) is -1.28. The third-order valence-electron chi connectivity index (χ3n) is 3.60. The van der Waals surface area contributed by atoms with Crippen LogP contribution in [0.3, 0.4) is 0 Å². The van der Waals surface area contributed by atoms with Gasteiger partial charge in [-0.3, -0.25) is 4.79 Å². The van der Waals surface area contributed by atoms with Crippen molar-refractivity contribution in [3.63, 3.8) is 0 Å². The summed E-state index contributed by atoms with van der Waals surface area (Å²) in [5, 5.41) is 14.8. The van der Waals surface area contributed by atoms with E-state index in [2.05, 4.69) is 41.4 Å². The van der Waals surface area contributed by atoms with Crippen molar-refractivity contribution >= 4 is 27.5 Å². The van der Waals surface area contributed by atoms with Gasteiger partial charge in [0.15, 0.2) is 0 Å². The number of tetrazole rings is 1. The fraction of sp³-hybridized carbons (Fsp3) is 0.176. The van der Waals surface area contributed by atoms with Crippen LogP contribution in [0.4, 0.5) is 14.5 Å². The fourth-order valence-corrected chi connectivity index (χ4v) is 2.44. The highest BCUT2D eigenvalue weighted by molar-refractivity contribution is 9.10. The number of anilines is 1. The van der Waals surface area contributed by atoms with Gasteiger partial charge < -0.3 is 10.1 Å². The molecule has 0 aliphatic carbocycles. The lowest BCUT2D eigenvalue weighted by molar-refractivity contribution is -0.119. The van der Waals surface area contributed by atoms with Crippen LogP contribution in [-0.4, -0.2) is 32.7 Å². The number of aromatic nitrogens is 4. The average molecular weight is 438 g/mol. The van der Waals surface area contributed by atoms with Crippen LogP contribution >= 0.6 is 15.9 Å². The van der Waals surface area contributed by atoms with E-state index in [0.29, 0.717) is 11.5 Å². The number of halogens is 3. The van der Waals surface area contributed by atoms with E-state index < -0.39 is 12.7 Å². The van der Waals surface area contributed by atoms with Crippen LogP contribution in [0.15, 0.2) is 53.0 Å². The summed E-state index contributed by atoms with van der Waals surface area (Å²) in [5.41, 5.74) is 1.20. The summed E-state index contributed by atoms with van der Waals surface area (Å²) in [5.74, 6) is 0.0288. The Morgan fingerprint density at radius 1 is 1.15 bits per heavy atom. The normalized spacial score (nSPS) is 12.0. The Balaban J connectivity index is 1.66. The van der Waals surface area contributed by atoms with Gasteiger partial charge in [-0.1, -0.05) is 15.9 Å². The topological polar surface area (TPSA) is 81.9 Å². The molecule has 2 aromatic carbocycles. The maximum atomic E-state index is 12.4. The predicted molar refractivity (Wildman–Crippen MR) is 97.4 cm³/mol. The van der Waals surface area contributed by atoms with Gasteiger partial charge in [0.1, 0.15) is 11.8 Å². The Morgan fingerprint density at radius 3 is 2.44 bits per heavy atom. The Hall–Kier alpha value is -2.88. The van der Waals surface area contributed by atoms with E-state index >= 15 is 0 Å². The molecule has 1 atom stereocenters. The monoisotopic (exact) mass is 437 g/mol. The number of carbonyl (C=O) groups is 1. The smallest absolute Gasteiger partial charge is 0.387 e. The van der Waals surface area contributed by atoms with Gasteiger partial charge in [0.25, 0.3) is 5.91 Å². The number of carbonyl (C=O) groups excluding carboxylic acids is 1. The summed E-state index contributed by atoms with van der Waals surface area (Å²) in [6, 6.07) is 12.3. The Labute approximate surface area is 161 Å². The number of rotatable bonds is 6. The first-order chi connectivity index (χ1) is 12.9. The molecule has 0 bridgehead atoms. The van der Waals surface area contributed by atoms with Crippen molar-refractivity contribution in [2.24, 2.45) is 0 Å². The summed E-state index contributed by atoms with van der Waals surface area (Å²) in [6.07, 6.45) is 0. The van der Waals surface area contributed by atoms with Crippen molar-refractivity contribution in [2.45, 2.75) is 19.6 Å². The third-order valence-corrected chi connectivity index (χ3v) is 4.13. The molecule has 1 aromatic heterocycles. The van der Waals surface area contributed by atoms with E-state index in [0.717, 1.165) is 10.0 Å². The second-order valence-electron chi connectivity index (χ2n) is 5.51. The molecule has 0 fully saturated rings. The van der Waals surface area contributed by atoms with Gasteiger partial charge in [0.2, 0.25) is 5.82 Å². The summed E-state index contributed by atoms with van der Waals surface area (Å²) in [4.78, 5) is 13.6. The number of nitrogens with one attached hydrogen (secondary N) is 1. The van der Waals surface area contributed by atoms with Crippen molar-refractivity contribution in [2.75, 3.05) is 5.32 Å². The molecule has 140 valence electrons. The van der Waals surface area contributed by atoms with Gasteiger partial charge in [-0.2, -0.15) is 13.6 Å². The van der Waals surface area contributed by atoms with E-state index in [1.807, 2.05) is 24.3 Å². The second kappa shape index (κ2) is 8.21. The number of benzene rings is 2. The van der Waals surface area contributed by atoms with Crippen LogP contribution in [0.1, 0.15) is 13.0 Å². The molecule has 0 aliphatic rings. The number of nitrogens with zero attached hydrogens (tertiary/aromatic N) is 4. The molecule has 27 heavy (non-hydrogen) atoms. The van der Waals surface area contributed by atoms with Crippen LogP contribution < -0.4 is 10.1 Å². The predicted octanol–water partition coefficient (Wildman–Crippen LogP) is 3.90. The Kier molecular flexibility index (Phi) is 5.75. The van der Waals surface area contributed by atoms with Crippen LogP contribution in [0, 0.1) is 0 Å². The molecule has 0 radical (unpaired) electrons. The number of hydrogen-bond donors (Lipinski definition) is 1. The van der Waals surface area contributed by atoms with Crippen LogP contribution in [0.5, 0.6) is 5.75 Å². The highest BCUT2D eigenvalue weighted by Gasteiger charge is 2.19. The molecule has 0 spiro atoms. The molecule has 3 aromatic rings. The van der Waals surface area contributed by atoms with Gasteiger partial charge in [-0.15, -0.1) is 10.2 Å². The lowest BCUT2D eigenvalue weighted by Gasteiger charge is -2.11. The zero-order chi connectivity index (χ0) is 19.4. The summed E-state index contributed by atoms with van der Waals surface area (Å²) in [7, 11) is 0. The Bertz CT molecular complexity index is 916. The minimum absolute atomic E-state index is 0.00753. The molecule has 1 amide bonds. The van der Waals surface area contributed by atoms with Gasteiger partial charge in [-0.25, -0.2) is 0 Å². The quantitative estimate of drug-likeness (QED) is 0.632. The van der Waals surface area contributed by atoms with Gasteiger partial charge in [0.05, 0.1) is 0 Å². The van der Waals surface area contributed by atoms with Gasteiger partial charge >= 0.3 is 6.61 Å². The molecule has 0 aliphatic heterocycles. The standard InChI is InChI=1S/C17H14BrF2N5O2/c1-10(16(26)21-13-6-8-14(9-7-13)27-17(19)20)25-23-15(22-24-25)11-2-4-12(18)5-3-11/h2-10,17H,1H3,(H,21,26). The van der Waals surface area contributed by atoms with Crippen molar-refractivity contribution < 1.29 is 18.3 Å². The van der Waals surface area contributed by atoms with Gasteiger partial charge in [0, 0.05) is 15.7 Å². The maximum absolute atomic E-state index is 12.4. The minimum Gasteiger partial charge on any atom is -0.435 e. The van der Waals surface area contributed by atoms with Crippen molar-refractivity contribution in [3.05, 3.63) is 53.0 Å². The maximum Gasteiger partial charge on any atom is 0.387 e. The molecule has 1 unspecified atom stereocenters. The molecule has 1 heterocycles. The van der Waals surface area contributed by atoms with Crippen LogP contribution in [0.25, 0.3) is 11.4 Å². The summed E-state index contributed by atoms with van der Waals surface area (Å²) >= 11 is 3.35. The first-order valence-corrected chi connectivity index (χ1v) is 8.63. The molecule has 0 saturated heterocycles. The van der Waals surface area contributed by atoms with E-state index in [9.17, 15) is 13.6 Å². The van der Waals surface area contributed by atoms with Crippen LogP contribution in [0.2, 0.25) is 0 Å². The first kappa shape index (κ1) is 18.9. The molecular weight excluding hydrogens is 424 g/mol. The molecule has 7 nitrogen and oxygen atoms in total. The molecule has 0 saturated carbocycles. The van der Waals surface area contributed by atoms with Gasteiger partial charge in [-0.05, 0) is 60.7 Å². The molecule has 1 N–H and O–H groups in total. The zero-order valence-electron chi connectivity index (χ0n) is 14.0. The number of hydrogen-bond acceptors (Lipinski definition) is 5. The lowest BCUT2D eigenvalue weighted by atomic mass is 10.2. The number of amides is 1. The second-order valence-corrected chi connectivity index (χ2v) is 6.42. The van der Waals surface area contributed by atoms with E-state index in [-0.39, 0.29) is 11.7 Å². The van der Waals surface area contributed by atoms with Crippen molar-refractivity contribution in [1.82, 2.24) is 20.2 Å². The minimum atomic E-state index is -2.90. The lowest BCUT2D eigenvalue weighted by Crippen LogP contribution is -2.25. The fourth-order valence-electron chi connectivity index (χ4n) is 2.18. The zero-order valence-corrected chi connectivity index (χ0v) is 15.6. The van der Waals surface area contributed by atoms with E-state index in [1.165, 1.54) is 29.1 Å². The van der Waals surface area contributed by atoms with E-state index in [1.54, 1.807) is 6.92 Å². The molecule has 10 heteroatoms. The van der Waals surface area contributed by atoms with Crippen molar-refractivity contribution in [3.8, 4) is 17.1 Å². The van der Waals surface area contributed by atoms with Crippen molar-refractivity contribution in [1.29, 1.82) is 0 Å². The summed E-state index contributed by atoms with van der Waals surface area (Å²) < 4.78 is 29.5. The number of ether oxygens (including phenoxy) is 1. The largest absolute Gasteiger partial charge is 0.435 e. The SMILES string of the molecule is CC(C(=O)Nc1ccc(OC(F)F)cc1)n1nnc(-c2ccc(Br)cc2)n1. The third kappa shape index (κ3) is 4.85. The van der Waals surface area contributed by atoms with Crippen LogP contribution in [-0.2, 0) is 4.79 Å². The Morgan fingerprint density at radius 2 is 1.81 bits per heavy atom. The van der Waals surface area contributed by atoms with E-state index in [4.69, 9.17) is 0 Å². The highest BCUT2D eigenvalue weighted by atomic mass is 79.9. The number of alkyl halides is 2. The first-order valence-electron chi connectivity index (χ1n) is 7.83. The highest BCUT2D eigenvalue weighted by Crippen LogP contribution is 2.20. The average Bonchev–Trinajstić information content (AvgIpc) is 3.13.